The molecule has 0 atom stereocenters. The standard InChI is InChI=1S/C18H16FN3O4/c19-13-5-3-4-12(8-13)9-16(23)20-21-17(24)10-22-14-6-1-2-7-15(14)26-11-18(22)25/h1-8H,9-11H2,(H,20,23)(H,21,24). The van der Waals surface area contributed by atoms with Crippen molar-refractivity contribution in [3.8, 4) is 5.75 Å². The molecule has 8 heteroatoms. The van der Waals surface area contributed by atoms with E-state index < -0.39 is 17.6 Å². The van der Waals surface area contributed by atoms with Crippen LogP contribution in [0.5, 0.6) is 5.75 Å². The van der Waals surface area contributed by atoms with Gasteiger partial charge in [-0.1, -0.05) is 24.3 Å². The second-order valence-electron chi connectivity index (χ2n) is 5.64. The van der Waals surface area contributed by atoms with Gasteiger partial charge < -0.3 is 4.74 Å². The van der Waals surface area contributed by atoms with Crippen LogP contribution in [0.4, 0.5) is 10.1 Å². The summed E-state index contributed by atoms with van der Waals surface area (Å²) in [6.45, 7) is -0.421. The molecule has 134 valence electrons. The SMILES string of the molecule is O=C(Cc1cccc(F)c1)NNC(=O)CN1C(=O)COc2ccccc21. The van der Waals surface area contributed by atoms with Crippen LogP contribution in [0.2, 0.25) is 0 Å². The number of carbonyl (C=O) groups is 3. The number of carbonyl (C=O) groups excluding carboxylic acids is 3. The first-order chi connectivity index (χ1) is 12.5. The number of halogens is 1. The number of fused-ring (bicyclic) bond motifs is 1. The highest BCUT2D eigenvalue weighted by molar-refractivity contribution is 6.02. The third-order valence-electron chi connectivity index (χ3n) is 3.71. The van der Waals surface area contributed by atoms with Crippen molar-refractivity contribution in [1.29, 1.82) is 0 Å². The van der Waals surface area contributed by atoms with Gasteiger partial charge in [0, 0.05) is 0 Å². The number of amides is 3. The number of nitrogens with one attached hydrogen (secondary N) is 2. The largest absolute Gasteiger partial charge is 0.482 e. The van der Waals surface area contributed by atoms with Crippen molar-refractivity contribution in [3.05, 3.63) is 59.9 Å². The number of nitrogens with zero attached hydrogens (tertiary/aromatic N) is 1. The van der Waals surface area contributed by atoms with Crippen LogP contribution in [-0.2, 0) is 20.8 Å². The molecule has 0 bridgehead atoms. The van der Waals surface area contributed by atoms with E-state index in [1.165, 1.54) is 23.1 Å². The van der Waals surface area contributed by atoms with E-state index in [0.717, 1.165) is 0 Å². The molecule has 26 heavy (non-hydrogen) atoms. The number of hydrazine groups is 1. The molecule has 2 aromatic carbocycles. The van der Waals surface area contributed by atoms with Crippen molar-refractivity contribution in [3.63, 3.8) is 0 Å². The summed E-state index contributed by atoms with van der Waals surface area (Å²) < 4.78 is 18.4. The highest BCUT2D eigenvalue weighted by Crippen LogP contribution is 2.30. The molecule has 0 radical (unpaired) electrons. The van der Waals surface area contributed by atoms with E-state index in [2.05, 4.69) is 10.9 Å². The predicted molar refractivity (Wildman–Crippen MR) is 90.7 cm³/mol. The topological polar surface area (TPSA) is 87.7 Å². The Bertz CT molecular complexity index is 856. The molecule has 2 aromatic rings. The van der Waals surface area contributed by atoms with E-state index >= 15 is 0 Å². The zero-order valence-corrected chi connectivity index (χ0v) is 13.7. The molecule has 2 N–H and O–H groups in total. The number of anilines is 1. The predicted octanol–water partition coefficient (Wildman–Crippen LogP) is 0.941. The van der Waals surface area contributed by atoms with Crippen LogP contribution in [-0.4, -0.2) is 30.9 Å². The van der Waals surface area contributed by atoms with Crippen molar-refractivity contribution >= 4 is 23.4 Å². The quantitative estimate of drug-likeness (QED) is 0.798. The molecule has 0 aromatic heterocycles. The molecule has 1 heterocycles. The van der Waals surface area contributed by atoms with Crippen LogP contribution in [0, 0.1) is 5.82 Å². The molecule has 0 spiro atoms. The molecule has 7 nitrogen and oxygen atoms in total. The first kappa shape index (κ1) is 17.4. The number of para-hydroxylation sites is 2. The Labute approximate surface area is 148 Å². The summed E-state index contributed by atoms with van der Waals surface area (Å²) in [7, 11) is 0. The highest BCUT2D eigenvalue weighted by atomic mass is 19.1. The maximum atomic E-state index is 13.1. The van der Waals surface area contributed by atoms with Crippen LogP contribution in [0.1, 0.15) is 5.56 Å². The molecule has 0 aliphatic carbocycles. The molecular formula is C18H16FN3O4. The number of ether oxygens (including phenoxy) is 1. The summed E-state index contributed by atoms with van der Waals surface area (Å²) in [5.74, 6) is -1.36. The zero-order valence-electron chi connectivity index (χ0n) is 13.7. The van der Waals surface area contributed by atoms with Gasteiger partial charge in [0.1, 0.15) is 18.1 Å². The Morgan fingerprint density at radius 2 is 1.85 bits per heavy atom. The van der Waals surface area contributed by atoms with Gasteiger partial charge in [-0.3, -0.25) is 30.1 Å². The van der Waals surface area contributed by atoms with Crippen LogP contribution in [0.25, 0.3) is 0 Å². The Morgan fingerprint density at radius 3 is 2.65 bits per heavy atom. The smallest absolute Gasteiger partial charge is 0.265 e. The average Bonchev–Trinajstić information content (AvgIpc) is 2.62. The van der Waals surface area contributed by atoms with Crippen LogP contribution in [0.3, 0.4) is 0 Å². The van der Waals surface area contributed by atoms with Crippen molar-refractivity contribution in [2.45, 2.75) is 6.42 Å². The number of hydrogen-bond donors (Lipinski definition) is 2. The maximum absolute atomic E-state index is 13.1. The van der Waals surface area contributed by atoms with Gasteiger partial charge in [-0.2, -0.15) is 0 Å². The number of benzene rings is 2. The van der Waals surface area contributed by atoms with Crippen molar-refractivity contribution in [2.75, 3.05) is 18.1 Å². The van der Waals surface area contributed by atoms with Crippen molar-refractivity contribution < 1.29 is 23.5 Å². The van der Waals surface area contributed by atoms with Gasteiger partial charge in [-0.25, -0.2) is 4.39 Å². The van der Waals surface area contributed by atoms with E-state index in [0.29, 0.717) is 17.0 Å². The van der Waals surface area contributed by atoms with Gasteiger partial charge in [-0.15, -0.1) is 0 Å². The lowest BCUT2D eigenvalue weighted by Gasteiger charge is -2.28. The highest BCUT2D eigenvalue weighted by Gasteiger charge is 2.26. The maximum Gasteiger partial charge on any atom is 0.265 e. The minimum absolute atomic E-state index is 0.0860. The lowest BCUT2D eigenvalue weighted by molar-refractivity contribution is -0.129. The molecule has 1 aliphatic heterocycles. The van der Waals surface area contributed by atoms with Crippen molar-refractivity contribution in [1.82, 2.24) is 10.9 Å². The molecule has 0 saturated heterocycles. The Kier molecular flexibility index (Phi) is 5.12. The summed E-state index contributed by atoms with van der Waals surface area (Å²) >= 11 is 0. The molecule has 0 unspecified atom stereocenters. The van der Waals surface area contributed by atoms with E-state index in [1.807, 2.05) is 0 Å². The molecule has 3 amide bonds. The first-order valence-electron chi connectivity index (χ1n) is 7.87. The molecular weight excluding hydrogens is 341 g/mol. The lowest BCUT2D eigenvalue weighted by Crippen LogP contribution is -2.50. The summed E-state index contributed by atoms with van der Waals surface area (Å²) in [6, 6.07) is 12.5. The fourth-order valence-electron chi connectivity index (χ4n) is 2.53. The second kappa shape index (κ2) is 7.64. The van der Waals surface area contributed by atoms with Gasteiger partial charge >= 0.3 is 0 Å². The summed E-state index contributed by atoms with van der Waals surface area (Å²) in [5.41, 5.74) is 5.47. The second-order valence-corrected chi connectivity index (χ2v) is 5.64. The zero-order chi connectivity index (χ0) is 18.5. The van der Waals surface area contributed by atoms with Crippen LogP contribution >= 0.6 is 0 Å². The van der Waals surface area contributed by atoms with E-state index in [1.54, 1.807) is 30.3 Å². The summed E-state index contributed by atoms with van der Waals surface area (Å²) in [4.78, 5) is 37.2. The average molecular weight is 357 g/mol. The molecule has 0 saturated carbocycles. The first-order valence-corrected chi connectivity index (χ1v) is 7.87. The third-order valence-corrected chi connectivity index (χ3v) is 3.71. The van der Waals surface area contributed by atoms with Gasteiger partial charge in [0.15, 0.2) is 6.61 Å². The van der Waals surface area contributed by atoms with E-state index in [-0.39, 0.29) is 25.5 Å². The van der Waals surface area contributed by atoms with Gasteiger partial charge in [0.2, 0.25) is 5.91 Å². The fourth-order valence-corrected chi connectivity index (χ4v) is 2.53. The normalized spacial score (nSPS) is 12.8. The monoisotopic (exact) mass is 357 g/mol. The summed E-state index contributed by atoms with van der Waals surface area (Å²) in [6.07, 6.45) is -0.0860. The Balaban J connectivity index is 1.54. The third kappa shape index (κ3) is 4.15. The van der Waals surface area contributed by atoms with Crippen LogP contribution < -0.4 is 20.5 Å². The Hall–Kier alpha value is -3.42. The Morgan fingerprint density at radius 1 is 1.08 bits per heavy atom. The summed E-state index contributed by atoms with van der Waals surface area (Å²) in [5, 5.41) is 0. The van der Waals surface area contributed by atoms with E-state index in [4.69, 9.17) is 4.74 Å². The minimum Gasteiger partial charge on any atom is -0.482 e. The fraction of sp³-hybridized carbons (Fsp3) is 0.167. The van der Waals surface area contributed by atoms with Crippen molar-refractivity contribution in [2.24, 2.45) is 0 Å². The molecule has 0 fully saturated rings. The van der Waals surface area contributed by atoms with Gasteiger partial charge in [0.05, 0.1) is 12.1 Å². The number of rotatable bonds is 4. The minimum atomic E-state index is -0.567. The van der Waals surface area contributed by atoms with Crippen LogP contribution in [0.15, 0.2) is 48.5 Å². The molecule has 3 rings (SSSR count). The number of hydrogen-bond acceptors (Lipinski definition) is 4. The molecule has 1 aliphatic rings. The van der Waals surface area contributed by atoms with Gasteiger partial charge in [-0.05, 0) is 29.8 Å². The lowest BCUT2D eigenvalue weighted by atomic mass is 10.1. The van der Waals surface area contributed by atoms with E-state index in [9.17, 15) is 18.8 Å². The van der Waals surface area contributed by atoms with Gasteiger partial charge in [0.25, 0.3) is 11.8 Å².